The topological polar surface area (TPSA) is 105 Å². The summed E-state index contributed by atoms with van der Waals surface area (Å²) < 4.78 is 10.1. The van der Waals surface area contributed by atoms with Gasteiger partial charge in [-0.25, -0.2) is 9.78 Å². The quantitative estimate of drug-likeness (QED) is 0.662. The van der Waals surface area contributed by atoms with E-state index in [1.807, 2.05) is 0 Å². The molecule has 1 unspecified atom stereocenters. The summed E-state index contributed by atoms with van der Waals surface area (Å²) in [6, 6.07) is 7.12. The molecular formula is C15H18N2O5. The molecule has 2 aromatic rings. The number of esters is 1. The third-order valence-electron chi connectivity index (χ3n) is 2.87. The number of ether oxygens (including phenoxy) is 1. The van der Waals surface area contributed by atoms with E-state index in [9.17, 15) is 9.90 Å². The maximum atomic E-state index is 11.5. The molecule has 22 heavy (non-hydrogen) atoms. The highest BCUT2D eigenvalue weighted by molar-refractivity contribution is 5.87. The van der Waals surface area contributed by atoms with Crippen molar-refractivity contribution in [1.82, 2.24) is 4.98 Å². The predicted molar refractivity (Wildman–Crippen MR) is 79.5 cm³/mol. The number of nitrogens with zero attached hydrogens (tertiary/aromatic N) is 1. The third-order valence-corrected chi connectivity index (χ3v) is 2.87. The van der Waals surface area contributed by atoms with Crippen LogP contribution in [0, 0.1) is 0 Å². The minimum Gasteiger partial charge on any atom is -0.461 e. The van der Waals surface area contributed by atoms with Gasteiger partial charge >= 0.3 is 5.97 Å². The van der Waals surface area contributed by atoms with E-state index in [4.69, 9.17) is 14.3 Å². The standard InChI is InChI=1S/C15H18N2O5/c1-2-21-15(20)13-9-22-14(17-13)10-3-5-11(6-4-10)16-7-12(19)8-18/h3-6,9,12,16,18-19H,2,7-8H2,1H3. The van der Waals surface area contributed by atoms with E-state index in [1.165, 1.54) is 6.26 Å². The molecule has 3 N–H and O–H groups in total. The number of aliphatic hydroxyl groups is 2. The zero-order valence-electron chi connectivity index (χ0n) is 12.2. The summed E-state index contributed by atoms with van der Waals surface area (Å²) in [5.74, 6) is -0.196. The van der Waals surface area contributed by atoms with Crippen LogP contribution in [-0.4, -0.2) is 47.0 Å². The minimum absolute atomic E-state index is 0.130. The summed E-state index contributed by atoms with van der Waals surface area (Å²) in [6.45, 7) is 1.96. The molecule has 0 saturated heterocycles. The zero-order valence-corrected chi connectivity index (χ0v) is 12.2. The van der Waals surface area contributed by atoms with Crippen molar-refractivity contribution < 1.29 is 24.2 Å². The van der Waals surface area contributed by atoms with Crippen LogP contribution < -0.4 is 5.32 Å². The highest BCUT2D eigenvalue weighted by Gasteiger charge is 2.14. The minimum atomic E-state index is -0.807. The molecule has 0 fully saturated rings. The van der Waals surface area contributed by atoms with Crippen molar-refractivity contribution in [2.75, 3.05) is 25.1 Å². The largest absolute Gasteiger partial charge is 0.461 e. The molecule has 1 aromatic heterocycles. The Morgan fingerprint density at radius 3 is 2.77 bits per heavy atom. The normalized spacial score (nSPS) is 12.0. The summed E-state index contributed by atoms with van der Waals surface area (Å²) in [7, 11) is 0. The second-order valence-electron chi connectivity index (χ2n) is 4.55. The molecule has 0 amide bonds. The van der Waals surface area contributed by atoms with E-state index >= 15 is 0 Å². The van der Waals surface area contributed by atoms with Gasteiger partial charge < -0.3 is 24.7 Å². The first kappa shape index (κ1) is 16.0. The molecule has 0 aliphatic heterocycles. The molecule has 0 aliphatic carbocycles. The van der Waals surface area contributed by atoms with E-state index in [-0.39, 0.29) is 25.5 Å². The van der Waals surface area contributed by atoms with Crippen LogP contribution in [0.4, 0.5) is 5.69 Å². The fourth-order valence-electron chi connectivity index (χ4n) is 1.74. The number of benzene rings is 1. The van der Waals surface area contributed by atoms with Crippen molar-refractivity contribution in [2.24, 2.45) is 0 Å². The highest BCUT2D eigenvalue weighted by atomic mass is 16.5. The van der Waals surface area contributed by atoms with Gasteiger partial charge in [-0.05, 0) is 31.2 Å². The lowest BCUT2D eigenvalue weighted by molar-refractivity contribution is 0.0519. The number of carbonyl (C=O) groups is 1. The fourth-order valence-corrected chi connectivity index (χ4v) is 1.74. The van der Waals surface area contributed by atoms with Crippen LogP contribution in [0.15, 0.2) is 34.9 Å². The molecule has 7 nitrogen and oxygen atoms in total. The number of hydrogen-bond acceptors (Lipinski definition) is 7. The summed E-state index contributed by atoms with van der Waals surface area (Å²) >= 11 is 0. The Bertz CT molecular complexity index is 609. The number of aliphatic hydroxyl groups excluding tert-OH is 2. The van der Waals surface area contributed by atoms with Gasteiger partial charge in [-0.3, -0.25) is 0 Å². The van der Waals surface area contributed by atoms with Gasteiger partial charge in [-0.2, -0.15) is 0 Å². The first-order valence-corrected chi connectivity index (χ1v) is 6.90. The average Bonchev–Trinajstić information content (AvgIpc) is 3.03. The molecule has 0 bridgehead atoms. The van der Waals surface area contributed by atoms with Crippen LogP contribution in [0.5, 0.6) is 0 Å². The van der Waals surface area contributed by atoms with Gasteiger partial charge in [0, 0.05) is 17.8 Å². The molecule has 7 heteroatoms. The Kier molecular flexibility index (Phi) is 5.51. The van der Waals surface area contributed by atoms with Crippen LogP contribution in [0.3, 0.4) is 0 Å². The monoisotopic (exact) mass is 306 g/mol. The second kappa shape index (κ2) is 7.58. The van der Waals surface area contributed by atoms with E-state index in [1.54, 1.807) is 31.2 Å². The Balaban J connectivity index is 2.02. The van der Waals surface area contributed by atoms with Crippen molar-refractivity contribution in [3.05, 3.63) is 36.2 Å². The Labute approximate surface area is 127 Å². The van der Waals surface area contributed by atoms with Crippen LogP contribution in [0.2, 0.25) is 0 Å². The molecule has 1 aromatic carbocycles. The molecule has 0 saturated carbocycles. The number of nitrogens with one attached hydrogen (secondary N) is 1. The van der Waals surface area contributed by atoms with E-state index in [0.29, 0.717) is 11.5 Å². The molecule has 118 valence electrons. The second-order valence-corrected chi connectivity index (χ2v) is 4.55. The van der Waals surface area contributed by atoms with E-state index < -0.39 is 12.1 Å². The predicted octanol–water partition coefficient (Wildman–Crippen LogP) is 1.28. The SMILES string of the molecule is CCOC(=O)c1coc(-c2ccc(NCC(O)CO)cc2)n1. The number of carbonyl (C=O) groups excluding carboxylic acids is 1. The van der Waals surface area contributed by atoms with Gasteiger partial charge in [-0.1, -0.05) is 0 Å². The fraction of sp³-hybridized carbons (Fsp3) is 0.333. The van der Waals surface area contributed by atoms with Gasteiger partial charge in [-0.15, -0.1) is 0 Å². The molecule has 1 heterocycles. The van der Waals surface area contributed by atoms with E-state index in [2.05, 4.69) is 10.3 Å². The Morgan fingerprint density at radius 2 is 2.14 bits per heavy atom. The van der Waals surface area contributed by atoms with Gasteiger partial charge in [0.25, 0.3) is 0 Å². The number of oxazole rings is 1. The van der Waals surface area contributed by atoms with Crippen molar-refractivity contribution in [1.29, 1.82) is 0 Å². The average molecular weight is 306 g/mol. The first-order chi connectivity index (χ1) is 10.6. The lowest BCUT2D eigenvalue weighted by Crippen LogP contribution is -2.22. The van der Waals surface area contributed by atoms with Crippen molar-refractivity contribution in [3.63, 3.8) is 0 Å². The van der Waals surface area contributed by atoms with Crippen molar-refractivity contribution >= 4 is 11.7 Å². The summed E-state index contributed by atoms with van der Waals surface area (Å²) in [5, 5.41) is 21.0. The summed E-state index contributed by atoms with van der Waals surface area (Å²) in [6.07, 6.45) is 0.454. The van der Waals surface area contributed by atoms with Crippen molar-refractivity contribution in [3.8, 4) is 11.5 Å². The smallest absolute Gasteiger partial charge is 0.360 e. The molecule has 0 spiro atoms. The van der Waals surface area contributed by atoms with Gasteiger partial charge in [0.2, 0.25) is 5.89 Å². The van der Waals surface area contributed by atoms with Crippen LogP contribution in [0.1, 0.15) is 17.4 Å². The number of aromatic nitrogens is 1. The van der Waals surface area contributed by atoms with E-state index in [0.717, 1.165) is 5.69 Å². The molecule has 2 rings (SSSR count). The molecule has 0 radical (unpaired) electrons. The summed E-state index contributed by atoms with van der Waals surface area (Å²) in [4.78, 5) is 15.6. The number of hydrogen-bond donors (Lipinski definition) is 3. The lowest BCUT2D eigenvalue weighted by Gasteiger charge is -2.10. The molecule has 1 atom stereocenters. The van der Waals surface area contributed by atoms with Crippen LogP contribution in [-0.2, 0) is 4.74 Å². The van der Waals surface area contributed by atoms with Crippen LogP contribution in [0.25, 0.3) is 11.5 Å². The van der Waals surface area contributed by atoms with Gasteiger partial charge in [0.1, 0.15) is 6.26 Å². The highest BCUT2D eigenvalue weighted by Crippen LogP contribution is 2.21. The number of anilines is 1. The zero-order chi connectivity index (χ0) is 15.9. The Morgan fingerprint density at radius 1 is 1.41 bits per heavy atom. The third kappa shape index (κ3) is 4.06. The van der Waals surface area contributed by atoms with Gasteiger partial charge in [0.15, 0.2) is 5.69 Å². The molecule has 0 aliphatic rings. The number of rotatable bonds is 7. The molecular weight excluding hydrogens is 288 g/mol. The maximum absolute atomic E-state index is 11.5. The van der Waals surface area contributed by atoms with Gasteiger partial charge in [0.05, 0.1) is 19.3 Å². The first-order valence-electron chi connectivity index (χ1n) is 6.90. The van der Waals surface area contributed by atoms with Crippen molar-refractivity contribution in [2.45, 2.75) is 13.0 Å². The Hall–Kier alpha value is -2.38. The maximum Gasteiger partial charge on any atom is 0.360 e. The lowest BCUT2D eigenvalue weighted by atomic mass is 10.2. The summed E-state index contributed by atoms with van der Waals surface area (Å²) in [5.41, 5.74) is 1.63. The van der Waals surface area contributed by atoms with Crippen LogP contribution >= 0.6 is 0 Å².